The summed E-state index contributed by atoms with van der Waals surface area (Å²) in [4.78, 5) is 11.5. The Hall–Kier alpha value is -3.61. The van der Waals surface area contributed by atoms with Crippen LogP contribution >= 0.6 is 0 Å². The Kier molecular flexibility index (Phi) is 5.03. The van der Waals surface area contributed by atoms with E-state index in [0.717, 1.165) is 0 Å². The van der Waals surface area contributed by atoms with Crippen molar-refractivity contribution in [3.05, 3.63) is 84.4 Å². The molecule has 0 saturated carbocycles. The highest BCUT2D eigenvalue weighted by Crippen LogP contribution is 2.41. The Labute approximate surface area is 165 Å². The van der Waals surface area contributed by atoms with E-state index < -0.39 is 24.7 Å². The van der Waals surface area contributed by atoms with E-state index in [1.54, 1.807) is 36.4 Å². The molecule has 5 nitrogen and oxygen atoms in total. The number of alkyl halides is 2. The third-order valence-electron chi connectivity index (χ3n) is 4.32. The molecule has 1 amide bonds. The molecule has 0 unspecified atom stereocenters. The molecule has 1 atom stereocenters. The average molecular weight is 397 g/mol. The van der Waals surface area contributed by atoms with E-state index in [9.17, 15) is 13.6 Å². The van der Waals surface area contributed by atoms with E-state index in [2.05, 4.69) is 10.1 Å². The van der Waals surface area contributed by atoms with Crippen LogP contribution in [0, 0.1) is 0 Å². The van der Waals surface area contributed by atoms with Gasteiger partial charge in [0.15, 0.2) is 18.1 Å². The zero-order valence-electron chi connectivity index (χ0n) is 15.2. The summed E-state index contributed by atoms with van der Waals surface area (Å²) >= 11 is 0. The molecular weight excluding hydrogens is 380 g/mol. The SMILES string of the molecule is O=C1N[C@H](c2ccc(Oc3ccccc3)c(Oc3ccccc3)c2)C(F)(F)CO1. The first-order valence-corrected chi connectivity index (χ1v) is 8.92. The molecule has 3 aromatic carbocycles. The van der Waals surface area contributed by atoms with Crippen molar-refractivity contribution in [2.24, 2.45) is 0 Å². The van der Waals surface area contributed by atoms with Crippen LogP contribution in [0.5, 0.6) is 23.0 Å². The minimum Gasteiger partial charge on any atom is -0.453 e. The fourth-order valence-electron chi connectivity index (χ4n) is 2.94. The van der Waals surface area contributed by atoms with Crippen molar-refractivity contribution in [1.29, 1.82) is 0 Å². The number of cyclic esters (lactones) is 1. The van der Waals surface area contributed by atoms with Gasteiger partial charge in [-0.3, -0.25) is 0 Å². The van der Waals surface area contributed by atoms with Crippen LogP contribution < -0.4 is 14.8 Å². The molecule has 1 heterocycles. The monoisotopic (exact) mass is 397 g/mol. The summed E-state index contributed by atoms with van der Waals surface area (Å²) in [6, 6.07) is 20.9. The van der Waals surface area contributed by atoms with E-state index in [-0.39, 0.29) is 11.3 Å². The largest absolute Gasteiger partial charge is 0.453 e. The van der Waals surface area contributed by atoms with Gasteiger partial charge in [-0.05, 0) is 42.0 Å². The minimum atomic E-state index is -3.26. The van der Waals surface area contributed by atoms with Crippen LogP contribution in [0.15, 0.2) is 78.9 Å². The van der Waals surface area contributed by atoms with Crippen LogP contribution in [0.1, 0.15) is 11.6 Å². The van der Waals surface area contributed by atoms with E-state index in [1.165, 1.54) is 18.2 Å². The van der Waals surface area contributed by atoms with Gasteiger partial charge in [0.1, 0.15) is 17.5 Å². The first kappa shape index (κ1) is 18.7. The van der Waals surface area contributed by atoms with Gasteiger partial charge >= 0.3 is 12.0 Å². The van der Waals surface area contributed by atoms with Gasteiger partial charge in [-0.15, -0.1) is 0 Å². The molecule has 3 aromatic rings. The molecule has 4 rings (SSSR count). The summed E-state index contributed by atoms with van der Waals surface area (Å²) in [6.07, 6.45) is -0.893. The number of nitrogens with one attached hydrogen (secondary N) is 1. The normalized spacial score (nSPS) is 17.7. The van der Waals surface area contributed by atoms with Crippen molar-refractivity contribution < 1.29 is 27.8 Å². The number of ether oxygens (including phenoxy) is 3. The lowest BCUT2D eigenvalue weighted by molar-refractivity contribution is -0.104. The lowest BCUT2D eigenvalue weighted by Crippen LogP contribution is -2.49. The molecule has 0 aromatic heterocycles. The van der Waals surface area contributed by atoms with Gasteiger partial charge in [0.2, 0.25) is 0 Å². The number of alkyl carbamates (subject to hydrolysis) is 1. The molecule has 7 heteroatoms. The zero-order chi connectivity index (χ0) is 20.3. The first-order valence-electron chi connectivity index (χ1n) is 8.92. The van der Waals surface area contributed by atoms with Crippen molar-refractivity contribution in [1.82, 2.24) is 5.32 Å². The highest BCUT2D eigenvalue weighted by atomic mass is 19.3. The number of hydrogen-bond acceptors (Lipinski definition) is 4. The molecule has 1 aliphatic heterocycles. The van der Waals surface area contributed by atoms with Crippen molar-refractivity contribution in [2.45, 2.75) is 12.0 Å². The van der Waals surface area contributed by atoms with Crippen molar-refractivity contribution in [2.75, 3.05) is 6.61 Å². The standard InChI is InChI=1S/C22H17F2NO4/c23-22(24)14-27-21(26)25-20(22)15-11-12-18(28-16-7-3-1-4-8-16)19(13-15)29-17-9-5-2-6-10-17/h1-13,20H,14H2,(H,25,26)/t20-/m1/s1. The number of amides is 1. The lowest BCUT2D eigenvalue weighted by Gasteiger charge is -2.32. The Morgan fingerprint density at radius 1 is 0.862 bits per heavy atom. The summed E-state index contributed by atoms with van der Waals surface area (Å²) in [5.41, 5.74) is 0.179. The Morgan fingerprint density at radius 2 is 1.45 bits per heavy atom. The molecule has 148 valence electrons. The number of halogens is 2. The van der Waals surface area contributed by atoms with Gasteiger partial charge in [-0.2, -0.15) is 0 Å². The Morgan fingerprint density at radius 3 is 2.07 bits per heavy atom. The highest BCUT2D eigenvalue weighted by molar-refractivity contribution is 5.69. The van der Waals surface area contributed by atoms with Crippen molar-refractivity contribution >= 4 is 6.09 Å². The van der Waals surface area contributed by atoms with E-state index in [4.69, 9.17) is 9.47 Å². The van der Waals surface area contributed by atoms with Crippen LogP contribution in [0.25, 0.3) is 0 Å². The number of rotatable bonds is 5. The molecule has 0 aliphatic carbocycles. The quantitative estimate of drug-likeness (QED) is 0.601. The van der Waals surface area contributed by atoms with E-state index >= 15 is 0 Å². The molecule has 1 fully saturated rings. The van der Waals surface area contributed by atoms with Gasteiger partial charge in [0.05, 0.1) is 0 Å². The number of para-hydroxylation sites is 2. The fourth-order valence-corrected chi connectivity index (χ4v) is 2.94. The third-order valence-corrected chi connectivity index (χ3v) is 4.32. The molecular formula is C22H17F2NO4. The maximum absolute atomic E-state index is 14.3. The first-order chi connectivity index (χ1) is 14.0. The number of hydrogen-bond donors (Lipinski definition) is 1. The summed E-state index contributed by atoms with van der Waals surface area (Å²) in [5, 5.41) is 2.18. The van der Waals surface area contributed by atoms with Crippen LogP contribution in [-0.4, -0.2) is 18.6 Å². The number of carbonyl (C=O) groups excluding carboxylic acids is 1. The van der Waals surface area contributed by atoms with Crippen LogP contribution in [0.3, 0.4) is 0 Å². The summed E-state index contributed by atoms with van der Waals surface area (Å²) in [5.74, 6) is -1.58. The smallest absolute Gasteiger partial charge is 0.408 e. The average Bonchev–Trinajstić information content (AvgIpc) is 2.73. The topological polar surface area (TPSA) is 56.8 Å². The maximum atomic E-state index is 14.3. The van der Waals surface area contributed by atoms with Gasteiger partial charge in [0.25, 0.3) is 0 Å². The van der Waals surface area contributed by atoms with Gasteiger partial charge in [-0.25, -0.2) is 13.6 Å². The summed E-state index contributed by atoms with van der Waals surface area (Å²) in [7, 11) is 0. The Balaban J connectivity index is 1.71. The molecule has 29 heavy (non-hydrogen) atoms. The summed E-state index contributed by atoms with van der Waals surface area (Å²) < 4.78 is 44.8. The number of benzene rings is 3. The predicted octanol–water partition coefficient (Wildman–Crippen LogP) is 5.69. The second-order valence-electron chi connectivity index (χ2n) is 6.45. The highest BCUT2D eigenvalue weighted by Gasteiger charge is 2.47. The van der Waals surface area contributed by atoms with Crippen LogP contribution in [-0.2, 0) is 4.74 Å². The van der Waals surface area contributed by atoms with Gasteiger partial charge in [-0.1, -0.05) is 42.5 Å². The molecule has 0 spiro atoms. The van der Waals surface area contributed by atoms with Gasteiger partial charge < -0.3 is 19.5 Å². The molecule has 1 N–H and O–H groups in total. The Bertz CT molecular complexity index is 996. The molecule has 0 bridgehead atoms. The van der Waals surface area contributed by atoms with Crippen molar-refractivity contribution in [3.63, 3.8) is 0 Å². The maximum Gasteiger partial charge on any atom is 0.408 e. The van der Waals surface area contributed by atoms with Crippen molar-refractivity contribution in [3.8, 4) is 23.0 Å². The van der Waals surface area contributed by atoms with Gasteiger partial charge in [0, 0.05) is 0 Å². The zero-order valence-corrected chi connectivity index (χ0v) is 15.2. The second-order valence-corrected chi connectivity index (χ2v) is 6.45. The summed E-state index contributed by atoms with van der Waals surface area (Å²) in [6.45, 7) is -0.985. The lowest BCUT2D eigenvalue weighted by atomic mass is 9.99. The van der Waals surface area contributed by atoms with Crippen LogP contribution in [0.4, 0.5) is 13.6 Å². The molecule has 0 radical (unpaired) electrons. The van der Waals surface area contributed by atoms with E-state index in [0.29, 0.717) is 17.2 Å². The fraction of sp³-hybridized carbons (Fsp3) is 0.136. The predicted molar refractivity (Wildman–Crippen MR) is 102 cm³/mol. The van der Waals surface area contributed by atoms with E-state index in [1.807, 2.05) is 24.3 Å². The molecule has 1 aliphatic rings. The second kappa shape index (κ2) is 7.79. The third kappa shape index (κ3) is 4.29. The minimum absolute atomic E-state index is 0.179. The number of carbonyl (C=O) groups is 1. The van der Waals surface area contributed by atoms with Crippen LogP contribution in [0.2, 0.25) is 0 Å². The molecule has 1 saturated heterocycles.